The van der Waals surface area contributed by atoms with Gasteiger partial charge in [-0.05, 0) is 26.3 Å². The molecule has 0 fully saturated rings. The fraction of sp³-hybridized carbons (Fsp3) is 0.818. The van der Waals surface area contributed by atoms with Crippen molar-refractivity contribution in [2.24, 2.45) is 0 Å². The molecule has 0 saturated heterocycles. The van der Waals surface area contributed by atoms with Crippen molar-refractivity contribution in [3.63, 3.8) is 0 Å². The molecule has 0 aliphatic carbocycles. The molecule has 0 unspecified atom stereocenters. The standard InChI is InChI=1S/C11H21N3O2/c1-10-13-11(16-14-10)6-8-12-7-4-2-3-5-9-15/h12,15H,2-9H2,1H3. The number of rotatable bonds is 9. The molecule has 0 atom stereocenters. The summed E-state index contributed by atoms with van der Waals surface area (Å²) in [5, 5.41) is 15.7. The van der Waals surface area contributed by atoms with Crippen molar-refractivity contribution in [1.82, 2.24) is 15.5 Å². The molecule has 0 radical (unpaired) electrons. The molecular formula is C11H21N3O2. The fourth-order valence-corrected chi connectivity index (χ4v) is 1.48. The highest BCUT2D eigenvalue weighted by Crippen LogP contribution is 1.98. The van der Waals surface area contributed by atoms with E-state index in [0.29, 0.717) is 18.3 Å². The summed E-state index contributed by atoms with van der Waals surface area (Å²) in [4.78, 5) is 4.12. The van der Waals surface area contributed by atoms with Gasteiger partial charge in [0, 0.05) is 19.6 Å². The van der Waals surface area contributed by atoms with Crippen molar-refractivity contribution in [2.75, 3.05) is 19.7 Å². The zero-order valence-corrected chi connectivity index (χ0v) is 9.91. The Labute approximate surface area is 96.2 Å². The lowest BCUT2D eigenvalue weighted by Crippen LogP contribution is -2.18. The van der Waals surface area contributed by atoms with Crippen LogP contribution in [0.25, 0.3) is 0 Å². The topological polar surface area (TPSA) is 71.2 Å². The molecule has 0 aromatic carbocycles. The Bertz CT molecular complexity index is 276. The van der Waals surface area contributed by atoms with Crippen molar-refractivity contribution >= 4 is 0 Å². The SMILES string of the molecule is Cc1noc(CCNCCCCCCO)n1. The first-order chi connectivity index (χ1) is 7.83. The van der Waals surface area contributed by atoms with E-state index < -0.39 is 0 Å². The molecule has 0 amide bonds. The lowest BCUT2D eigenvalue weighted by atomic mass is 10.2. The normalized spacial score (nSPS) is 10.9. The van der Waals surface area contributed by atoms with Gasteiger partial charge in [0.15, 0.2) is 5.82 Å². The average Bonchev–Trinajstić information content (AvgIpc) is 2.68. The van der Waals surface area contributed by atoms with E-state index in [1.807, 2.05) is 6.92 Å². The molecule has 5 nitrogen and oxygen atoms in total. The zero-order valence-electron chi connectivity index (χ0n) is 9.91. The minimum absolute atomic E-state index is 0.309. The van der Waals surface area contributed by atoms with Crippen molar-refractivity contribution in [3.8, 4) is 0 Å². The molecule has 1 rings (SSSR count). The van der Waals surface area contributed by atoms with Gasteiger partial charge < -0.3 is 14.9 Å². The van der Waals surface area contributed by atoms with E-state index in [1.54, 1.807) is 0 Å². The van der Waals surface area contributed by atoms with Crippen LogP contribution in [-0.2, 0) is 6.42 Å². The lowest BCUT2D eigenvalue weighted by molar-refractivity contribution is 0.282. The Morgan fingerprint density at radius 3 is 2.69 bits per heavy atom. The van der Waals surface area contributed by atoms with Crippen LogP contribution in [0.15, 0.2) is 4.52 Å². The third-order valence-corrected chi connectivity index (χ3v) is 2.35. The molecule has 16 heavy (non-hydrogen) atoms. The number of unbranched alkanes of at least 4 members (excludes halogenated alkanes) is 3. The molecule has 0 spiro atoms. The van der Waals surface area contributed by atoms with Gasteiger partial charge in [0.05, 0.1) is 0 Å². The van der Waals surface area contributed by atoms with Crippen LogP contribution < -0.4 is 5.32 Å². The van der Waals surface area contributed by atoms with Gasteiger partial charge >= 0.3 is 0 Å². The minimum atomic E-state index is 0.309. The van der Waals surface area contributed by atoms with E-state index in [0.717, 1.165) is 38.8 Å². The summed E-state index contributed by atoms with van der Waals surface area (Å²) in [5.74, 6) is 1.39. The second kappa shape index (κ2) is 8.24. The Morgan fingerprint density at radius 1 is 1.19 bits per heavy atom. The van der Waals surface area contributed by atoms with E-state index >= 15 is 0 Å². The smallest absolute Gasteiger partial charge is 0.227 e. The molecule has 1 aromatic rings. The van der Waals surface area contributed by atoms with Gasteiger partial charge in [-0.15, -0.1) is 0 Å². The van der Waals surface area contributed by atoms with E-state index in [2.05, 4.69) is 15.5 Å². The quantitative estimate of drug-likeness (QED) is 0.617. The highest BCUT2D eigenvalue weighted by atomic mass is 16.5. The largest absolute Gasteiger partial charge is 0.396 e. The monoisotopic (exact) mass is 227 g/mol. The maximum Gasteiger partial charge on any atom is 0.227 e. The van der Waals surface area contributed by atoms with Crippen LogP contribution in [0, 0.1) is 6.92 Å². The maximum absolute atomic E-state index is 8.60. The maximum atomic E-state index is 8.60. The second-order valence-electron chi connectivity index (χ2n) is 3.87. The zero-order chi connectivity index (χ0) is 11.6. The average molecular weight is 227 g/mol. The van der Waals surface area contributed by atoms with E-state index in [4.69, 9.17) is 9.63 Å². The third-order valence-electron chi connectivity index (χ3n) is 2.35. The van der Waals surface area contributed by atoms with E-state index in [9.17, 15) is 0 Å². The number of nitrogens with one attached hydrogen (secondary N) is 1. The third kappa shape index (κ3) is 5.82. The van der Waals surface area contributed by atoms with Crippen molar-refractivity contribution in [2.45, 2.75) is 39.0 Å². The number of nitrogens with zero attached hydrogens (tertiary/aromatic N) is 2. The number of aryl methyl sites for hydroxylation is 1. The predicted molar refractivity (Wildman–Crippen MR) is 61.2 cm³/mol. The number of aliphatic hydroxyl groups is 1. The number of aromatic nitrogens is 2. The lowest BCUT2D eigenvalue weighted by Gasteiger charge is -2.02. The molecular weight excluding hydrogens is 206 g/mol. The van der Waals surface area contributed by atoms with Crippen LogP contribution in [0.5, 0.6) is 0 Å². The summed E-state index contributed by atoms with van der Waals surface area (Å²) in [7, 11) is 0. The molecule has 1 heterocycles. The number of hydrogen-bond donors (Lipinski definition) is 2. The predicted octanol–water partition coefficient (Wildman–Crippen LogP) is 1.06. The van der Waals surface area contributed by atoms with Crippen molar-refractivity contribution < 1.29 is 9.63 Å². The molecule has 0 aliphatic rings. The summed E-state index contributed by atoms with van der Waals surface area (Å²) in [6, 6.07) is 0. The number of aliphatic hydroxyl groups excluding tert-OH is 1. The summed E-state index contributed by atoms with van der Waals surface area (Å²) >= 11 is 0. The van der Waals surface area contributed by atoms with Gasteiger partial charge in [0.1, 0.15) is 0 Å². The van der Waals surface area contributed by atoms with Gasteiger partial charge in [0.2, 0.25) is 5.89 Å². The van der Waals surface area contributed by atoms with Gasteiger partial charge in [-0.1, -0.05) is 18.0 Å². The Balaban J connectivity index is 1.88. The summed E-state index contributed by atoms with van der Waals surface area (Å²) in [6.07, 6.45) is 5.15. The van der Waals surface area contributed by atoms with Crippen LogP contribution in [0.1, 0.15) is 37.4 Å². The van der Waals surface area contributed by atoms with Crippen LogP contribution in [-0.4, -0.2) is 34.9 Å². The first kappa shape index (κ1) is 13.1. The van der Waals surface area contributed by atoms with Gasteiger partial charge in [-0.25, -0.2) is 0 Å². The molecule has 92 valence electrons. The Hall–Kier alpha value is -0.940. The van der Waals surface area contributed by atoms with Gasteiger partial charge in [-0.3, -0.25) is 0 Å². The number of hydrogen-bond acceptors (Lipinski definition) is 5. The summed E-state index contributed by atoms with van der Waals surface area (Å²) in [6.45, 7) is 4.02. The Kier molecular flexibility index (Phi) is 6.76. The Morgan fingerprint density at radius 2 is 2.00 bits per heavy atom. The summed E-state index contributed by atoms with van der Waals surface area (Å²) < 4.78 is 5.00. The van der Waals surface area contributed by atoms with E-state index in [-0.39, 0.29) is 0 Å². The molecule has 0 bridgehead atoms. The molecule has 0 saturated carbocycles. The fourth-order valence-electron chi connectivity index (χ4n) is 1.48. The highest BCUT2D eigenvalue weighted by molar-refractivity contribution is 4.83. The van der Waals surface area contributed by atoms with Crippen LogP contribution in [0.3, 0.4) is 0 Å². The summed E-state index contributed by atoms with van der Waals surface area (Å²) in [5.41, 5.74) is 0. The van der Waals surface area contributed by atoms with Gasteiger partial charge in [-0.2, -0.15) is 4.98 Å². The van der Waals surface area contributed by atoms with Gasteiger partial charge in [0.25, 0.3) is 0 Å². The molecule has 0 aliphatic heterocycles. The van der Waals surface area contributed by atoms with E-state index in [1.165, 1.54) is 6.42 Å². The van der Waals surface area contributed by atoms with Crippen molar-refractivity contribution in [3.05, 3.63) is 11.7 Å². The molecule has 5 heteroatoms. The van der Waals surface area contributed by atoms with Crippen LogP contribution >= 0.6 is 0 Å². The van der Waals surface area contributed by atoms with Crippen molar-refractivity contribution in [1.29, 1.82) is 0 Å². The first-order valence-corrected chi connectivity index (χ1v) is 5.93. The molecule has 2 N–H and O–H groups in total. The van der Waals surface area contributed by atoms with Crippen LogP contribution in [0.2, 0.25) is 0 Å². The highest BCUT2D eigenvalue weighted by Gasteiger charge is 2.00. The second-order valence-corrected chi connectivity index (χ2v) is 3.87. The minimum Gasteiger partial charge on any atom is -0.396 e. The first-order valence-electron chi connectivity index (χ1n) is 5.93. The molecule has 1 aromatic heterocycles. The van der Waals surface area contributed by atoms with Crippen LogP contribution in [0.4, 0.5) is 0 Å².